The van der Waals surface area contributed by atoms with Gasteiger partial charge in [-0.15, -0.1) is 0 Å². The van der Waals surface area contributed by atoms with Crippen LogP contribution in [0.1, 0.15) is 41.0 Å². The van der Waals surface area contributed by atoms with Gasteiger partial charge in [0.15, 0.2) is 5.79 Å². The highest BCUT2D eigenvalue weighted by Gasteiger charge is 2.47. The molecule has 0 aromatic heterocycles. The molecule has 0 bridgehead atoms. The maximum Gasteiger partial charge on any atom is 0.334 e. The van der Waals surface area contributed by atoms with E-state index in [0.29, 0.717) is 5.57 Å². The van der Waals surface area contributed by atoms with Gasteiger partial charge in [0.2, 0.25) is 0 Å². The fourth-order valence-electron chi connectivity index (χ4n) is 2.35. The molecule has 2 rings (SSSR count). The molecule has 1 saturated heterocycles. The van der Waals surface area contributed by atoms with Gasteiger partial charge in [-0.1, -0.05) is 0 Å². The first-order valence-electron chi connectivity index (χ1n) is 6.55. The van der Waals surface area contributed by atoms with Crippen LogP contribution >= 0.6 is 0 Å². The lowest BCUT2D eigenvalue weighted by molar-refractivity contribution is -0.153. The van der Waals surface area contributed by atoms with Crippen LogP contribution in [0.25, 0.3) is 0 Å². The molecule has 0 amide bonds. The van der Waals surface area contributed by atoms with Crippen molar-refractivity contribution in [3.8, 4) is 0 Å². The first kappa shape index (κ1) is 14.5. The molecule has 5 nitrogen and oxygen atoms in total. The Morgan fingerprint density at radius 1 is 1.42 bits per heavy atom. The van der Waals surface area contributed by atoms with E-state index in [4.69, 9.17) is 14.2 Å². The molecule has 1 heterocycles. The Morgan fingerprint density at radius 3 is 2.63 bits per heavy atom. The van der Waals surface area contributed by atoms with Crippen LogP contribution < -0.4 is 0 Å². The van der Waals surface area contributed by atoms with Crippen molar-refractivity contribution in [2.24, 2.45) is 0 Å². The van der Waals surface area contributed by atoms with Gasteiger partial charge in [-0.25, -0.2) is 4.79 Å². The largest absolute Gasteiger partial charge is 0.457 e. The van der Waals surface area contributed by atoms with E-state index >= 15 is 0 Å². The zero-order valence-corrected chi connectivity index (χ0v) is 12.1. The summed E-state index contributed by atoms with van der Waals surface area (Å²) in [5.74, 6) is -1.14. The predicted molar refractivity (Wildman–Crippen MR) is 68.4 cm³/mol. The standard InChI is InChI=1S/C14H22O5/c1-13(2,3)19-12(16)8-6-9(15)11-10(7-8)17-14(4,5)18-11/h7,9-11,15H,6H2,1-5H3/t9-,10?,11?/m1/s1. The highest BCUT2D eigenvalue weighted by atomic mass is 16.8. The van der Waals surface area contributed by atoms with Crippen LogP contribution in [0.2, 0.25) is 0 Å². The molecule has 19 heavy (non-hydrogen) atoms. The topological polar surface area (TPSA) is 65.0 Å². The number of ether oxygens (including phenoxy) is 3. The predicted octanol–water partition coefficient (Wildman–Crippen LogP) is 1.54. The molecular weight excluding hydrogens is 248 g/mol. The van der Waals surface area contributed by atoms with E-state index in [1.54, 1.807) is 19.9 Å². The van der Waals surface area contributed by atoms with Crippen molar-refractivity contribution in [1.82, 2.24) is 0 Å². The number of aliphatic hydroxyl groups excluding tert-OH is 1. The van der Waals surface area contributed by atoms with Gasteiger partial charge in [-0.05, 0) is 40.7 Å². The minimum absolute atomic E-state index is 0.232. The molecule has 0 saturated carbocycles. The van der Waals surface area contributed by atoms with Gasteiger partial charge in [0.05, 0.1) is 6.10 Å². The van der Waals surface area contributed by atoms with Crippen LogP contribution in [0, 0.1) is 0 Å². The number of aliphatic hydroxyl groups is 1. The molecule has 1 fully saturated rings. The molecular formula is C14H22O5. The first-order chi connectivity index (χ1) is 8.57. The summed E-state index contributed by atoms with van der Waals surface area (Å²) in [5, 5.41) is 10.1. The minimum atomic E-state index is -0.751. The quantitative estimate of drug-likeness (QED) is 0.732. The van der Waals surface area contributed by atoms with E-state index in [9.17, 15) is 9.90 Å². The highest BCUT2D eigenvalue weighted by molar-refractivity contribution is 5.89. The molecule has 2 aliphatic rings. The monoisotopic (exact) mass is 270 g/mol. The third-order valence-corrected chi connectivity index (χ3v) is 3.00. The second kappa shape index (κ2) is 4.58. The molecule has 1 aliphatic carbocycles. The minimum Gasteiger partial charge on any atom is -0.457 e. The number of carbonyl (C=O) groups excluding carboxylic acids is 1. The van der Waals surface area contributed by atoms with Crippen LogP contribution in [0.3, 0.4) is 0 Å². The van der Waals surface area contributed by atoms with Gasteiger partial charge in [-0.2, -0.15) is 0 Å². The van der Waals surface area contributed by atoms with Crippen molar-refractivity contribution >= 4 is 5.97 Å². The van der Waals surface area contributed by atoms with Crippen LogP contribution in [0.15, 0.2) is 11.6 Å². The number of hydrogen-bond acceptors (Lipinski definition) is 5. The van der Waals surface area contributed by atoms with Gasteiger partial charge in [0, 0.05) is 12.0 Å². The number of hydrogen-bond donors (Lipinski definition) is 1. The molecule has 0 aromatic rings. The Morgan fingerprint density at radius 2 is 2.05 bits per heavy atom. The summed E-state index contributed by atoms with van der Waals surface area (Å²) in [6.07, 6.45) is 0.372. The molecule has 5 heteroatoms. The van der Waals surface area contributed by atoms with Crippen molar-refractivity contribution in [3.63, 3.8) is 0 Å². The van der Waals surface area contributed by atoms with Crippen LogP contribution in [0.5, 0.6) is 0 Å². The Bertz CT molecular complexity index is 405. The maximum absolute atomic E-state index is 12.0. The normalized spacial score (nSPS) is 33.6. The zero-order chi connectivity index (χ0) is 14.4. The van der Waals surface area contributed by atoms with E-state index in [-0.39, 0.29) is 6.42 Å². The summed E-state index contributed by atoms with van der Waals surface area (Å²) in [4.78, 5) is 12.0. The van der Waals surface area contributed by atoms with Crippen molar-refractivity contribution in [2.45, 2.75) is 70.7 Å². The highest BCUT2D eigenvalue weighted by Crippen LogP contribution is 2.36. The maximum atomic E-state index is 12.0. The van der Waals surface area contributed by atoms with E-state index in [2.05, 4.69) is 0 Å². The fourth-order valence-corrected chi connectivity index (χ4v) is 2.35. The van der Waals surface area contributed by atoms with Crippen LogP contribution in [-0.2, 0) is 19.0 Å². The summed E-state index contributed by atoms with van der Waals surface area (Å²) in [6, 6.07) is 0. The number of carbonyl (C=O) groups is 1. The third kappa shape index (κ3) is 3.35. The number of esters is 1. The Labute approximate surface area is 113 Å². The van der Waals surface area contributed by atoms with E-state index in [0.717, 1.165) is 0 Å². The summed E-state index contributed by atoms with van der Waals surface area (Å²) in [7, 11) is 0. The van der Waals surface area contributed by atoms with Gasteiger partial charge in [-0.3, -0.25) is 0 Å². The molecule has 1 N–H and O–H groups in total. The van der Waals surface area contributed by atoms with Crippen molar-refractivity contribution in [2.75, 3.05) is 0 Å². The number of fused-ring (bicyclic) bond motifs is 1. The van der Waals surface area contributed by atoms with Crippen molar-refractivity contribution in [1.29, 1.82) is 0 Å². The third-order valence-electron chi connectivity index (χ3n) is 3.00. The lowest BCUT2D eigenvalue weighted by atomic mass is 9.92. The molecule has 3 atom stereocenters. The van der Waals surface area contributed by atoms with Gasteiger partial charge in [0.1, 0.15) is 17.8 Å². The molecule has 0 radical (unpaired) electrons. The Balaban J connectivity index is 2.14. The molecule has 2 unspecified atom stereocenters. The van der Waals surface area contributed by atoms with Gasteiger partial charge in [0.25, 0.3) is 0 Å². The zero-order valence-electron chi connectivity index (χ0n) is 12.1. The average Bonchev–Trinajstić information content (AvgIpc) is 2.50. The summed E-state index contributed by atoms with van der Waals surface area (Å²) < 4.78 is 16.6. The van der Waals surface area contributed by atoms with Gasteiger partial charge < -0.3 is 19.3 Å². The summed E-state index contributed by atoms with van der Waals surface area (Å²) >= 11 is 0. The Kier molecular flexibility index (Phi) is 3.49. The van der Waals surface area contributed by atoms with E-state index in [1.807, 2.05) is 20.8 Å². The smallest absolute Gasteiger partial charge is 0.334 e. The van der Waals surface area contributed by atoms with Crippen LogP contribution in [0.4, 0.5) is 0 Å². The summed E-state index contributed by atoms with van der Waals surface area (Å²) in [5.41, 5.74) is -0.101. The van der Waals surface area contributed by atoms with Gasteiger partial charge >= 0.3 is 5.97 Å². The first-order valence-corrected chi connectivity index (χ1v) is 6.55. The average molecular weight is 270 g/mol. The SMILES string of the molecule is CC(C)(C)OC(=O)C1=CC2OC(C)(C)OC2[C@H](O)C1. The second-order valence-corrected chi connectivity index (χ2v) is 6.53. The van der Waals surface area contributed by atoms with Crippen LogP contribution in [-0.4, -0.2) is 40.8 Å². The molecule has 0 spiro atoms. The number of rotatable bonds is 1. The molecule has 0 aromatic carbocycles. The second-order valence-electron chi connectivity index (χ2n) is 6.53. The lowest BCUT2D eigenvalue weighted by Gasteiger charge is -2.28. The molecule has 108 valence electrons. The Hall–Kier alpha value is -0.910. The van der Waals surface area contributed by atoms with Crippen molar-refractivity contribution < 1.29 is 24.1 Å². The summed E-state index contributed by atoms with van der Waals surface area (Å²) in [6.45, 7) is 9.02. The lowest BCUT2D eigenvalue weighted by Crippen LogP contribution is -2.40. The van der Waals surface area contributed by atoms with Crippen molar-refractivity contribution in [3.05, 3.63) is 11.6 Å². The fraction of sp³-hybridized carbons (Fsp3) is 0.786. The van der Waals surface area contributed by atoms with E-state index < -0.39 is 35.7 Å². The van der Waals surface area contributed by atoms with E-state index in [1.165, 1.54) is 0 Å². The molecule has 1 aliphatic heterocycles.